The minimum Gasteiger partial charge on any atom is -0.399 e. The van der Waals surface area contributed by atoms with Crippen LogP contribution in [-0.2, 0) is 6.54 Å². The van der Waals surface area contributed by atoms with E-state index in [4.69, 9.17) is 5.73 Å². The Morgan fingerprint density at radius 2 is 1.69 bits per heavy atom. The predicted octanol–water partition coefficient (Wildman–Crippen LogP) is 1.84. The summed E-state index contributed by atoms with van der Waals surface area (Å²) in [5.74, 6) is 1.00. The molecule has 0 aliphatic carbocycles. The molecule has 1 aromatic carbocycles. The van der Waals surface area contributed by atoms with Crippen LogP contribution in [0.3, 0.4) is 0 Å². The molecule has 1 saturated heterocycles. The lowest BCUT2D eigenvalue weighted by Gasteiger charge is -2.41. The van der Waals surface area contributed by atoms with E-state index in [-0.39, 0.29) is 0 Å². The third-order valence-electron chi connectivity index (χ3n) is 2.85. The summed E-state index contributed by atoms with van der Waals surface area (Å²) in [6.45, 7) is 2.37. The Morgan fingerprint density at radius 3 is 2.25 bits per heavy atom. The van der Waals surface area contributed by atoms with E-state index in [0.29, 0.717) is 11.5 Å². The average Bonchev–Trinajstić information content (AvgIpc) is 2.24. The normalized spacial score (nSPS) is 22.9. The molecule has 0 amide bonds. The van der Waals surface area contributed by atoms with Crippen LogP contribution in [0.25, 0.3) is 0 Å². The smallest absolute Gasteiger partial charge is 0.0502 e. The first-order valence-electron chi connectivity index (χ1n) is 5.35. The van der Waals surface area contributed by atoms with Gasteiger partial charge in [0, 0.05) is 25.3 Å². The van der Waals surface area contributed by atoms with Crippen molar-refractivity contribution >= 4 is 16.3 Å². The number of nitrogens with two attached hydrogens (primary N) is 1. The van der Waals surface area contributed by atoms with Gasteiger partial charge in [-0.15, -0.1) is 0 Å². The third-order valence-corrected chi connectivity index (χ3v) is 4.53. The van der Waals surface area contributed by atoms with Crippen LogP contribution < -0.4 is 5.73 Å². The lowest BCUT2D eigenvalue weighted by Crippen LogP contribution is -2.37. The molecule has 16 heavy (non-hydrogen) atoms. The molecule has 1 aliphatic heterocycles. The monoisotopic (exact) mass is 242 g/mol. The maximum absolute atomic E-state index is 9.49. The first-order chi connectivity index (χ1) is 7.55. The Kier molecular flexibility index (Phi) is 3.39. The molecular formula is C11H18N2O2S. The Hall–Kier alpha value is -0.750. The van der Waals surface area contributed by atoms with E-state index in [0.717, 1.165) is 25.3 Å². The summed E-state index contributed by atoms with van der Waals surface area (Å²) in [7, 11) is -2.28. The van der Waals surface area contributed by atoms with Gasteiger partial charge in [0.1, 0.15) is 0 Å². The predicted molar refractivity (Wildman–Crippen MR) is 68.7 cm³/mol. The SMILES string of the molecule is Nc1ccc(CN2CCS(O)(O)CC2)cc1. The van der Waals surface area contributed by atoms with Gasteiger partial charge in [-0.3, -0.25) is 14.0 Å². The van der Waals surface area contributed by atoms with Crippen LogP contribution in [0.15, 0.2) is 24.3 Å². The van der Waals surface area contributed by atoms with Crippen LogP contribution in [0, 0.1) is 0 Å². The van der Waals surface area contributed by atoms with Crippen molar-refractivity contribution in [2.75, 3.05) is 30.3 Å². The zero-order valence-electron chi connectivity index (χ0n) is 9.17. The van der Waals surface area contributed by atoms with E-state index in [2.05, 4.69) is 4.90 Å². The number of rotatable bonds is 2. The minimum absolute atomic E-state index is 0.502. The van der Waals surface area contributed by atoms with Crippen molar-refractivity contribution < 1.29 is 9.11 Å². The second-order valence-electron chi connectivity index (χ2n) is 4.23. The van der Waals surface area contributed by atoms with Crippen molar-refractivity contribution in [3.05, 3.63) is 29.8 Å². The number of hydrogen-bond acceptors (Lipinski definition) is 4. The summed E-state index contributed by atoms with van der Waals surface area (Å²) in [4.78, 5) is 2.24. The summed E-state index contributed by atoms with van der Waals surface area (Å²) >= 11 is 0. The first kappa shape index (κ1) is 11.7. The fraction of sp³-hybridized carbons (Fsp3) is 0.455. The van der Waals surface area contributed by atoms with Crippen LogP contribution in [-0.4, -0.2) is 38.6 Å². The van der Waals surface area contributed by atoms with Gasteiger partial charge in [-0.05, 0) is 17.7 Å². The molecule has 90 valence electrons. The maximum atomic E-state index is 9.49. The molecule has 0 spiro atoms. The molecule has 1 aromatic rings. The van der Waals surface area contributed by atoms with Crippen LogP contribution in [0.4, 0.5) is 5.69 Å². The number of nitrogens with zero attached hydrogens (tertiary/aromatic N) is 1. The van der Waals surface area contributed by atoms with Gasteiger partial charge in [0.25, 0.3) is 0 Å². The van der Waals surface area contributed by atoms with Crippen molar-refractivity contribution in [3.8, 4) is 0 Å². The van der Waals surface area contributed by atoms with E-state index in [1.807, 2.05) is 24.3 Å². The Bertz CT molecular complexity index is 344. The lowest BCUT2D eigenvalue weighted by molar-refractivity contribution is 0.278. The molecule has 4 N–H and O–H groups in total. The molecule has 1 heterocycles. The van der Waals surface area contributed by atoms with Crippen molar-refractivity contribution in [2.45, 2.75) is 6.54 Å². The summed E-state index contributed by atoms with van der Waals surface area (Å²) in [5, 5.41) is 0. The fourth-order valence-electron chi connectivity index (χ4n) is 1.80. The summed E-state index contributed by atoms with van der Waals surface area (Å²) < 4.78 is 19.0. The van der Waals surface area contributed by atoms with Gasteiger partial charge >= 0.3 is 0 Å². The average molecular weight is 242 g/mol. The highest BCUT2D eigenvalue weighted by molar-refractivity contribution is 8.24. The Labute approximate surface area is 97.4 Å². The van der Waals surface area contributed by atoms with Gasteiger partial charge in [0.15, 0.2) is 0 Å². The van der Waals surface area contributed by atoms with Gasteiger partial charge in [-0.25, -0.2) is 0 Å². The molecule has 0 bridgehead atoms. The molecule has 0 saturated carbocycles. The molecule has 0 aromatic heterocycles. The van der Waals surface area contributed by atoms with E-state index in [9.17, 15) is 9.11 Å². The Morgan fingerprint density at radius 1 is 1.12 bits per heavy atom. The van der Waals surface area contributed by atoms with Crippen molar-refractivity contribution in [2.24, 2.45) is 0 Å². The van der Waals surface area contributed by atoms with Crippen molar-refractivity contribution in [1.29, 1.82) is 0 Å². The molecule has 1 fully saturated rings. The van der Waals surface area contributed by atoms with Crippen molar-refractivity contribution in [1.82, 2.24) is 4.90 Å². The third kappa shape index (κ3) is 3.12. The highest BCUT2D eigenvalue weighted by atomic mass is 32.3. The van der Waals surface area contributed by atoms with Gasteiger partial charge in [-0.2, -0.15) is 10.6 Å². The maximum Gasteiger partial charge on any atom is 0.0502 e. The molecule has 4 nitrogen and oxygen atoms in total. The van der Waals surface area contributed by atoms with E-state index >= 15 is 0 Å². The standard InChI is InChI=1S/C11H18N2O2S/c12-11-3-1-10(2-4-11)9-13-5-7-16(14,15)8-6-13/h1-4,14-15H,5-9,12H2. The zero-order valence-corrected chi connectivity index (χ0v) is 9.99. The van der Waals surface area contributed by atoms with E-state index in [1.165, 1.54) is 5.56 Å². The second-order valence-corrected chi connectivity index (χ2v) is 6.65. The largest absolute Gasteiger partial charge is 0.399 e. The van der Waals surface area contributed by atoms with Gasteiger partial charge in [0.05, 0.1) is 11.5 Å². The first-order valence-corrected chi connectivity index (χ1v) is 7.24. The molecule has 0 atom stereocenters. The quantitative estimate of drug-likeness (QED) is 0.692. The van der Waals surface area contributed by atoms with E-state index < -0.39 is 10.6 Å². The highest BCUT2D eigenvalue weighted by Crippen LogP contribution is 2.40. The number of hydrogen-bond donors (Lipinski definition) is 3. The Balaban J connectivity index is 1.89. The molecular weight excluding hydrogens is 224 g/mol. The molecule has 2 rings (SSSR count). The molecule has 1 aliphatic rings. The van der Waals surface area contributed by atoms with Crippen LogP contribution >= 0.6 is 10.6 Å². The van der Waals surface area contributed by atoms with Crippen LogP contribution in [0.2, 0.25) is 0 Å². The van der Waals surface area contributed by atoms with Gasteiger partial charge in [0.2, 0.25) is 0 Å². The summed E-state index contributed by atoms with van der Waals surface area (Å²) in [5.41, 5.74) is 7.61. The highest BCUT2D eigenvalue weighted by Gasteiger charge is 2.21. The summed E-state index contributed by atoms with van der Waals surface area (Å²) in [6, 6.07) is 7.82. The second kappa shape index (κ2) is 4.63. The minimum atomic E-state index is -2.28. The number of nitrogen functional groups attached to an aromatic ring is 1. The zero-order chi connectivity index (χ0) is 11.6. The lowest BCUT2D eigenvalue weighted by atomic mass is 10.2. The molecule has 0 radical (unpaired) electrons. The molecule has 5 heteroatoms. The van der Waals surface area contributed by atoms with Gasteiger partial charge < -0.3 is 5.73 Å². The van der Waals surface area contributed by atoms with Crippen LogP contribution in [0.1, 0.15) is 5.56 Å². The van der Waals surface area contributed by atoms with Crippen molar-refractivity contribution in [3.63, 3.8) is 0 Å². The summed E-state index contributed by atoms with van der Waals surface area (Å²) in [6.07, 6.45) is 0. The van der Waals surface area contributed by atoms with Crippen LogP contribution in [0.5, 0.6) is 0 Å². The van der Waals surface area contributed by atoms with Gasteiger partial charge in [-0.1, -0.05) is 12.1 Å². The molecule has 0 unspecified atom stereocenters. The number of anilines is 1. The number of benzene rings is 1. The topological polar surface area (TPSA) is 69.7 Å². The fourth-order valence-corrected chi connectivity index (χ4v) is 3.11. The van der Waals surface area contributed by atoms with E-state index in [1.54, 1.807) is 0 Å².